The first-order valence-electron chi connectivity index (χ1n) is 7.97. The van der Waals surface area contributed by atoms with Crippen LogP contribution in [0.1, 0.15) is 18.2 Å². The van der Waals surface area contributed by atoms with Crippen molar-refractivity contribution >= 4 is 11.7 Å². The number of nitrogens with zero attached hydrogens (tertiary/aromatic N) is 6. The van der Waals surface area contributed by atoms with Crippen LogP contribution in [0.15, 0.2) is 48.9 Å². The molecule has 0 aliphatic carbocycles. The van der Waals surface area contributed by atoms with E-state index >= 15 is 0 Å². The number of tetrazole rings is 1. The van der Waals surface area contributed by atoms with Gasteiger partial charge in [0.1, 0.15) is 6.33 Å². The third kappa shape index (κ3) is 3.97. The van der Waals surface area contributed by atoms with E-state index in [0.717, 1.165) is 22.6 Å². The van der Waals surface area contributed by atoms with Gasteiger partial charge in [0, 0.05) is 18.4 Å². The van der Waals surface area contributed by atoms with Gasteiger partial charge in [0.25, 0.3) is 0 Å². The molecule has 2 heterocycles. The van der Waals surface area contributed by atoms with Crippen LogP contribution in [0.25, 0.3) is 5.69 Å². The maximum absolute atomic E-state index is 12.5. The Labute approximate surface area is 145 Å². The van der Waals surface area contributed by atoms with Gasteiger partial charge >= 0.3 is 6.03 Å². The minimum Gasteiger partial charge on any atom is -0.319 e. The molecule has 8 nitrogen and oxygen atoms in total. The molecule has 2 amide bonds. The monoisotopic (exact) mass is 337 g/mol. The molecule has 0 unspecified atom stereocenters. The van der Waals surface area contributed by atoms with Crippen molar-refractivity contribution in [2.45, 2.75) is 20.4 Å². The van der Waals surface area contributed by atoms with Crippen molar-refractivity contribution in [1.82, 2.24) is 30.1 Å². The Hall–Kier alpha value is -3.29. The number of nitrogens with one attached hydrogen (secondary N) is 1. The van der Waals surface area contributed by atoms with Crippen LogP contribution < -0.4 is 5.32 Å². The standard InChI is InChI=1S/C17H19N7O/c1-3-23(11-15-6-4-5-9-18-15)17(25)20-14-7-8-16(13(2)10-14)24-12-19-21-22-24/h4-10,12H,3,11H2,1-2H3,(H,20,25). The highest BCUT2D eigenvalue weighted by molar-refractivity contribution is 5.89. The van der Waals surface area contributed by atoms with Crippen LogP contribution >= 0.6 is 0 Å². The summed E-state index contributed by atoms with van der Waals surface area (Å²) in [6, 6.07) is 11.1. The minimum atomic E-state index is -0.164. The molecule has 0 spiro atoms. The van der Waals surface area contributed by atoms with Crippen LogP contribution in [0.3, 0.4) is 0 Å². The third-order valence-electron chi connectivity index (χ3n) is 3.79. The molecule has 3 rings (SSSR count). The zero-order chi connectivity index (χ0) is 17.6. The molecule has 0 fully saturated rings. The number of hydrogen-bond acceptors (Lipinski definition) is 5. The average molecular weight is 337 g/mol. The predicted molar refractivity (Wildman–Crippen MR) is 93.2 cm³/mol. The number of benzene rings is 1. The number of amides is 2. The molecule has 3 aromatic rings. The lowest BCUT2D eigenvalue weighted by Gasteiger charge is -2.21. The summed E-state index contributed by atoms with van der Waals surface area (Å²) in [7, 11) is 0. The first-order valence-corrected chi connectivity index (χ1v) is 7.97. The maximum Gasteiger partial charge on any atom is 0.322 e. The highest BCUT2D eigenvalue weighted by atomic mass is 16.2. The fraction of sp³-hybridized carbons (Fsp3) is 0.235. The zero-order valence-corrected chi connectivity index (χ0v) is 14.1. The Morgan fingerprint density at radius 1 is 1.28 bits per heavy atom. The number of carbonyl (C=O) groups excluding carboxylic acids is 1. The second kappa shape index (κ2) is 7.52. The molecule has 1 aromatic carbocycles. The summed E-state index contributed by atoms with van der Waals surface area (Å²) in [5, 5.41) is 14.1. The molecule has 8 heteroatoms. The van der Waals surface area contributed by atoms with E-state index in [0.29, 0.717) is 13.1 Å². The number of urea groups is 1. The van der Waals surface area contributed by atoms with E-state index in [1.807, 2.05) is 50.2 Å². The van der Waals surface area contributed by atoms with E-state index in [1.165, 1.54) is 6.33 Å². The number of aromatic nitrogens is 5. The molecule has 0 bridgehead atoms. The van der Waals surface area contributed by atoms with Gasteiger partial charge in [0.05, 0.1) is 17.9 Å². The summed E-state index contributed by atoms with van der Waals surface area (Å²) in [6.45, 7) is 4.93. The first kappa shape index (κ1) is 16.6. The summed E-state index contributed by atoms with van der Waals surface area (Å²) in [5.41, 5.74) is 3.39. The van der Waals surface area contributed by atoms with Crippen molar-refractivity contribution in [2.75, 3.05) is 11.9 Å². The fourth-order valence-corrected chi connectivity index (χ4v) is 2.48. The lowest BCUT2D eigenvalue weighted by molar-refractivity contribution is 0.211. The quantitative estimate of drug-likeness (QED) is 0.772. The molecular weight excluding hydrogens is 318 g/mol. The Kier molecular flexibility index (Phi) is 4.98. The predicted octanol–water partition coefficient (Wildman–Crippen LogP) is 2.42. The van der Waals surface area contributed by atoms with E-state index in [9.17, 15) is 4.79 Å². The maximum atomic E-state index is 12.5. The first-order chi connectivity index (χ1) is 12.2. The van der Waals surface area contributed by atoms with Crippen molar-refractivity contribution in [3.8, 4) is 5.69 Å². The van der Waals surface area contributed by atoms with Crippen LogP contribution in [0.4, 0.5) is 10.5 Å². The van der Waals surface area contributed by atoms with Gasteiger partial charge in [0.2, 0.25) is 0 Å². The van der Waals surface area contributed by atoms with Crippen molar-refractivity contribution in [3.63, 3.8) is 0 Å². The van der Waals surface area contributed by atoms with Gasteiger partial charge < -0.3 is 10.2 Å². The Bertz CT molecular complexity index is 833. The number of anilines is 1. The van der Waals surface area contributed by atoms with Crippen LogP contribution in [-0.2, 0) is 6.54 Å². The molecular formula is C17H19N7O. The van der Waals surface area contributed by atoms with Gasteiger partial charge in [-0.1, -0.05) is 6.07 Å². The molecule has 128 valence electrons. The zero-order valence-electron chi connectivity index (χ0n) is 14.1. The number of aryl methyl sites for hydroxylation is 1. The fourth-order valence-electron chi connectivity index (χ4n) is 2.48. The number of hydrogen-bond donors (Lipinski definition) is 1. The van der Waals surface area contributed by atoms with E-state index < -0.39 is 0 Å². The number of rotatable bonds is 5. The molecule has 0 saturated heterocycles. The van der Waals surface area contributed by atoms with Gasteiger partial charge in [-0.15, -0.1) is 5.10 Å². The van der Waals surface area contributed by atoms with E-state index in [-0.39, 0.29) is 6.03 Å². The Morgan fingerprint density at radius 3 is 2.80 bits per heavy atom. The van der Waals surface area contributed by atoms with Gasteiger partial charge in [-0.05, 0) is 60.2 Å². The van der Waals surface area contributed by atoms with Gasteiger partial charge in [-0.2, -0.15) is 0 Å². The van der Waals surface area contributed by atoms with Crippen LogP contribution in [0.5, 0.6) is 0 Å². The summed E-state index contributed by atoms with van der Waals surface area (Å²) >= 11 is 0. The molecule has 1 N–H and O–H groups in total. The smallest absolute Gasteiger partial charge is 0.319 e. The summed E-state index contributed by atoms with van der Waals surface area (Å²) < 4.78 is 1.58. The lowest BCUT2D eigenvalue weighted by atomic mass is 10.2. The van der Waals surface area contributed by atoms with E-state index in [1.54, 1.807) is 15.8 Å². The SMILES string of the molecule is CCN(Cc1ccccn1)C(=O)Nc1ccc(-n2cnnn2)c(C)c1. The van der Waals surface area contributed by atoms with Gasteiger partial charge in [-0.3, -0.25) is 4.98 Å². The molecule has 0 radical (unpaired) electrons. The van der Waals surface area contributed by atoms with Crippen molar-refractivity contribution < 1.29 is 4.79 Å². The molecule has 0 aliphatic heterocycles. The summed E-state index contributed by atoms with van der Waals surface area (Å²) in [4.78, 5) is 18.5. The van der Waals surface area contributed by atoms with E-state index in [4.69, 9.17) is 0 Å². The number of pyridine rings is 1. The van der Waals surface area contributed by atoms with Gasteiger partial charge in [-0.25, -0.2) is 9.48 Å². The highest BCUT2D eigenvalue weighted by Crippen LogP contribution is 2.18. The van der Waals surface area contributed by atoms with Crippen LogP contribution in [0, 0.1) is 6.92 Å². The molecule has 0 aliphatic rings. The summed E-state index contributed by atoms with van der Waals surface area (Å²) in [5.74, 6) is 0. The molecule has 2 aromatic heterocycles. The topological polar surface area (TPSA) is 88.8 Å². The van der Waals surface area contributed by atoms with Crippen molar-refractivity contribution in [2.24, 2.45) is 0 Å². The lowest BCUT2D eigenvalue weighted by Crippen LogP contribution is -2.34. The Balaban J connectivity index is 1.70. The van der Waals surface area contributed by atoms with Crippen molar-refractivity contribution in [3.05, 3.63) is 60.2 Å². The Morgan fingerprint density at radius 2 is 2.16 bits per heavy atom. The molecule has 0 saturated carbocycles. The van der Waals surface area contributed by atoms with E-state index in [2.05, 4.69) is 25.8 Å². The minimum absolute atomic E-state index is 0.164. The molecule has 0 atom stereocenters. The van der Waals surface area contributed by atoms with Crippen molar-refractivity contribution in [1.29, 1.82) is 0 Å². The largest absolute Gasteiger partial charge is 0.322 e. The second-order valence-electron chi connectivity index (χ2n) is 5.52. The van der Waals surface area contributed by atoms with Crippen LogP contribution in [-0.4, -0.2) is 42.7 Å². The summed E-state index contributed by atoms with van der Waals surface area (Å²) in [6.07, 6.45) is 3.26. The van der Waals surface area contributed by atoms with Crippen LogP contribution in [0.2, 0.25) is 0 Å². The number of carbonyl (C=O) groups is 1. The normalized spacial score (nSPS) is 10.5. The average Bonchev–Trinajstić information content (AvgIpc) is 3.15. The second-order valence-corrected chi connectivity index (χ2v) is 5.52. The van der Waals surface area contributed by atoms with Gasteiger partial charge in [0.15, 0.2) is 0 Å². The highest BCUT2D eigenvalue weighted by Gasteiger charge is 2.13. The molecule has 25 heavy (non-hydrogen) atoms. The third-order valence-corrected chi connectivity index (χ3v) is 3.79.